The number of nitrogens with one attached hydrogen (secondary N) is 4. The molecule has 0 aliphatic carbocycles. The largest absolute Gasteiger partial charge is 0.397 e. The molecule has 496 valence electrons. The van der Waals surface area contributed by atoms with Crippen molar-refractivity contribution in [1.82, 2.24) is 83.7 Å². The summed E-state index contributed by atoms with van der Waals surface area (Å²) in [6.45, 7) is 12.8. The lowest BCUT2D eigenvalue weighted by atomic mass is 10.1. The van der Waals surface area contributed by atoms with Crippen LogP contribution in [0, 0.1) is 0 Å². The third kappa shape index (κ3) is 11.5. The van der Waals surface area contributed by atoms with Crippen LogP contribution >= 0.6 is 0 Å². The van der Waals surface area contributed by atoms with Gasteiger partial charge in [0.25, 0.3) is 17.7 Å². The Labute approximate surface area is 554 Å². The van der Waals surface area contributed by atoms with Gasteiger partial charge in [-0.15, -0.1) is 0 Å². The van der Waals surface area contributed by atoms with E-state index in [1.807, 2.05) is 111 Å². The van der Waals surface area contributed by atoms with E-state index in [0.717, 1.165) is 164 Å². The maximum absolute atomic E-state index is 13.2. The molecule has 16 rings (SSSR count). The summed E-state index contributed by atoms with van der Waals surface area (Å²) < 4.78 is 11.3. The number of pyridine rings is 4. The zero-order valence-electron chi connectivity index (χ0n) is 55.6. The molecule has 0 spiro atoms. The van der Waals surface area contributed by atoms with Crippen molar-refractivity contribution in [2.75, 3.05) is 179 Å². The average molecular weight is 1300 g/mol. The summed E-state index contributed by atoms with van der Waals surface area (Å²) in [5.74, 6) is 1.69. The number of ether oxygens (including phenoxy) is 1. The summed E-state index contributed by atoms with van der Waals surface area (Å²) in [5.41, 5.74) is 18.8. The quantitative estimate of drug-likeness (QED) is 0.113. The van der Waals surface area contributed by atoms with Crippen LogP contribution in [-0.2, 0) is 4.74 Å². The number of fused-ring (bicyclic) bond motifs is 15. The van der Waals surface area contributed by atoms with Crippen molar-refractivity contribution in [3.63, 3.8) is 0 Å². The van der Waals surface area contributed by atoms with Crippen LogP contribution in [0.4, 0.5) is 34.8 Å². The van der Waals surface area contributed by atoms with Gasteiger partial charge in [0.15, 0.2) is 33.9 Å². The highest BCUT2D eigenvalue weighted by Gasteiger charge is 2.31. The minimum atomic E-state index is -0.283. The second-order valence-corrected chi connectivity index (χ2v) is 25.3. The van der Waals surface area contributed by atoms with Crippen LogP contribution in [0.15, 0.2) is 97.3 Å². The van der Waals surface area contributed by atoms with Crippen LogP contribution in [0.25, 0.3) is 83.1 Å². The number of hydrogen-bond donors (Lipinski definition) is 5. The molecule has 9 aromatic heterocycles. The smallest absolute Gasteiger partial charge is 0.256 e. The molecule has 0 radical (unpaired) electrons. The molecule has 0 saturated carbocycles. The number of likely N-dealkylation sites (N-methyl/N-ethyl adjacent to an activating group) is 3. The molecule has 4 aliphatic rings. The van der Waals surface area contributed by atoms with Gasteiger partial charge in [-0.25, -0.2) is 29.9 Å². The molecular formula is C69H81N23O4. The average Bonchev–Trinajstić information content (AvgIpc) is 1.52. The van der Waals surface area contributed by atoms with Crippen molar-refractivity contribution in [3.8, 4) is 0 Å². The van der Waals surface area contributed by atoms with Crippen LogP contribution in [0.2, 0.25) is 0 Å². The molecular weight excluding hydrogens is 1210 g/mol. The number of amides is 3. The molecule has 4 fully saturated rings. The number of nitrogen functional groups attached to an aromatic ring is 1. The maximum Gasteiger partial charge on any atom is 0.256 e. The lowest BCUT2D eigenvalue weighted by Gasteiger charge is -2.29. The van der Waals surface area contributed by atoms with Gasteiger partial charge in [0.1, 0.15) is 22.5 Å². The van der Waals surface area contributed by atoms with Gasteiger partial charge in [-0.2, -0.15) is 9.97 Å². The molecule has 6 N–H and O–H groups in total. The number of carbonyl (C=O) groups is 3. The Kier molecular flexibility index (Phi) is 17.4. The Bertz CT molecular complexity index is 4980. The minimum absolute atomic E-state index is 0.124. The molecule has 4 saturated heterocycles. The highest BCUT2D eigenvalue weighted by Crippen LogP contribution is 2.38. The van der Waals surface area contributed by atoms with Gasteiger partial charge < -0.3 is 66.0 Å². The first-order valence-electron chi connectivity index (χ1n) is 32.9. The summed E-state index contributed by atoms with van der Waals surface area (Å²) in [7, 11) is 15.2. The zero-order valence-corrected chi connectivity index (χ0v) is 55.6. The molecule has 3 amide bonds. The lowest BCUT2D eigenvalue weighted by Crippen LogP contribution is -2.41. The number of imidazole rings is 3. The van der Waals surface area contributed by atoms with E-state index in [9.17, 15) is 14.4 Å². The van der Waals surface area contributed by atoms with Crippen LogP contribution in [-0.4, -0.2) is 240 Å². The number of rotatable bonds is 9. The van der Waals surface area contributed by atoms with E-state index < -0.39 is 0 Å². The Balaban J connectivity index is 0.000000124. The molecule has 0 atom stereocenters. The predicted octanol–water partition coefficient (Wildman–Crippen LogP) is 5.86. The SMILES string of the molecule is CNC(=O)c1c(N(C)C)c2ccc(N3CCCN(C)CC3)nc2n2c1nc1ccccc12.CNC(=O)c1c(N)c2cnc(N3CCCN(C)CC3)nc2n2c1nc1ccccc12.CNC(=O)c1c(NC2COC2)c2cnc(N3CCCN(C)CC3)nc2n2c1nc1ccccc12. The highest BCUT2D eigenvalue weighted by molar-refractivity contribution is 6.16. The van der Waals surface area contributed by atoms with Crippen molar-refractivity contribution in [2.24, 2.45) is 0 Å². The molecule has 0 bridgehead atoms. The number of benzene rings is 3. The normalized spacial score (nSPS) is 16.4. The van der Waals surface area contributed by atoms with Crippen molar-refractivity contribution in [1.29, 1.82) is 0 Å². The number of anilines is 6. The number of aromatic nitrogens is 11. The van der Waals surface area contributed by atoms with Gasteiger partial charge in [-0.1, -0.05) is 36.4 Å². The van der Waals surface area contributed by atoms with Gasteiger partial charge in [0.2, 0.25) is 11.9 Å². The van der Waals surface area contributed by atoms with Crippen molar-refractivity contribution >= 4 is 136 Å². The monoisotopic (exact) mass is 1300 g/mol. The first-order valence-corrected chi connectivity index (χ1v) is 32.9. The fourth-order valence-corrected chi connectivity index (χ4v) is 13.6. The number of para-hydroxylation sites is 6. The second-order valence-electron chi connectivity index (χ2n) is 25.3. The van der Waals surface area contributed by atoms with Gasteiger partial charge in [-0.3, -0.25) is 27.6 Å². The van der Waals surface area contributed by atoms with Crippen molar-refractivity contribution in [2.45, 2.75) is 25.3 Å². The van der Waals surface area contributed by atoms with Crippen LogP contribution in [0.3, 0.4) is 0 Å². The van der Waals surface area contributed by atoms with Crippen LogP contribution in [0.1, 0.15) is 50.3 Å². The topological polar surface area (TPSA) is 274 Å². The number of nitrogens with two attached hydrogens (primary N) is 1. The molecule has 0 unspecified atom stereocenters. The molecule has 4 aliphatic heterocycles. The summed E-state index contributed by atoms with van der Waals surface area (Å²) in [4.78, 5) is 93.6. The third-order valence-electron chi connectivity index (χ3n) is 18.8. The first-order chi connectivity index (χ1) is 46.7. The van der Waals surface area contributed by atoms with Gasteiger partial charge in [0.05, 0.1) is 80.2 Å². The zero-order chi connectivity index (χ0) is 66.5. The fraction of sp³-hybridized carbons (Fsp3) is 0.377. The number of hydrogen-bond acceptors (Lipinski definition) is 21. The highest BCUT2D eigenvalue weighted by atomic mass is 16.5. The Morgan fingerprint density at radius 3 is 1.39 bits per heavy atom. The van der Waals surface area contributed by atoms with E-state index in [4.69, 9.17) is 45.4 Å². The summed E-state index contributed by atoms with van der Waals surface area (Å²) in [6.07, 6.45) is 6.79. The summed E-state index contributed by atoms with van der Waals surface area (Å²) in [6, 6.07) is 28.0. The maximum atomic E-state index is 13.2. The van der Waals surface area contributed by atoms with E-state index in [2.05, 4.69) is 88.9 Å². The predicted molar refractivity (Wildman–Crippen MR) is 380 cm³/mol. The first kappa shape index (κ1) is 63.1. The number of nitrogens with zero attached hydrogens (tertiary/aromatic N) is 18. The molecule has 27 nitrogen and oxygen atoms in total. The molecule has 13 heterocycles. The van der Waals surface area contributed by atoms with Gasteiger partial charge >= 0.3 is 0 Å². The summed E-state index contributed by atoms with van der Waals surface area (Å²) in [5, 5.41) is 14.1. The van der Waals surface area contributed by atoms with E-state index in [0.29, 0.717) is 81.2 Å². The van der Waals surface area contributed by atoms with Crippen LogP contribution in [0.5, 0.6) is 0 Å². The molecule has 3 aromatic carbocycles. The summed E-state index contributed by atoms with van der Waals surface area (Å²) >= 11 is 0. The van der Waals surface area contributed by atoms with Crippen LogP contribution < -0.4 is 46.6 Å². The van der Waals surface area contributed by atoms with Gasteiger partial charge in [0, 0.05) is 112 Å². The second kappa shape index (κ2) is 26.4. The standard InChI is InChI=1S/C24H28N8O2.C24H29N7O.C21H24N8O/c1-25-23(33)19-20(27-15-13-34-14-15)16-12-26-24(31-9-5-8-30(2)10-11-31)29-21(16)32-18-7-4-3-6-17(18)28-22(19)32;1-25-24(32)20-21(28(2)3)16-10-11-19(30-13-7-12-29(4)14-15-30)27-22(16)31-18-9-6-5-8-17(18)26-23(20)31;1-23-20(30)16-17(22)13-12-24-21(28-9-5-8-27(2)10-11-28)26-18(13)29-15-7-4-3-6-14(15)25-19(16)29/h3-4,6-7,12,15,27H,5,8-11,13-14H2,1-2H3,(H,25,33);5-6,8-11H,7,12-15H2,1-4H3,(H,25,32);3-4,6-7,12H,5,8-11,22H2,1-2H3,(H,23,30). The van der Waals surface area contributed by atoms with E-state index in [1.165, 1.54) is 0 Å². The Morgan fingerprint density at radius 1 is 0.469 bits per heavy atom. The molecule has 27 heteroatoms. The lowest BCUT2D eigenvalue weighted by molar-refractivity contribution is 0.0211. The Morgan fingerprint density at radius 2 is 0.896 bits per heavy atom. The third-order valence-corrected chi connectivity index (χ3v) is 18.8. The molecule has 12 aromatic rings. The minimum Gasteiger partial charge on any atom is -0.397 e. The van der Waals surface area contributed by atoms with E-state index in [1.54, 1.807) is 27.3 Å². The Hall–Kier alpha value is -10.4. The van der Waals surface area contributed by atoms with Crippen molar-refractivity contribution in [3.05, 3.63) is 114 Å². The van der Waals surface area contributed by atoms with Gasteiger partial charge in [-0.05, 0) is 109 Å². The fourth-order valence-electron chi connectivity index (χ4n) is 13.6. The number of carbonyl (C=O) groups excluding carboxylic acids is 3. The van der Waals surface area contributed by atoms with E-state index in [-0.39, 0.29) is 23.8 Å². The molecule has 96 heavy (non-hydrogen) atoms. The van der Waals surface area contributed by atoms with Crippen molar-refractivity contribution < 1.29 is 19.1 Å². The van der Waals surface area contributed by atoms with E-state index >= 15 is 0 Å².